The molecule has 28 heavy (non-hydrogen) atoms. The summed E-state index contributed by atoms with van der Waals surface area (Å²) in [6.07, 6.45) is 1.51. The molecular weight excluding hydrogens is 378 g/mol. The van der Waals surface area contributed by atoms with Gasteiger partial charge >= 0.3 is 0 Å². The Bertz CT molecular complexity index is 963. The third-order valence-corrected chi connectivity index (χ3v) is 4.67. The van der Waals surface area contributed by atoms with Gasteiger partial charge in [-0.15, -0.1) is 10.2 Å². The highest BCUT2D eigenvalue weighted by molar-refractivity contribution is 7.99. The fraction of sp³-hybridized carbons (Fsp3) is 0.222. The van der Waals surface area contributed by atoms with E-state index in [-0.39, 0.29) is 17.6 Å². The van der Waals surface area contributed by atoms with Gasteiger partial charge in [0.1, 0.15) is 11.5 Å². The Morgan fingerprint density at radius 3 is 2.75 bits per heavy atom. The quantitative estimate of drug-likeness (QED) is 0.229. The van der Waals surface area contributed by atoms with Gasteiger partial charge in [0, 0.05) is 6.54 Å². The smallest absolute Gasteiger partial charge is 0.264 e. The summed E-state index contributed by atoms with van der Waals surface area (Å²) in [6.45, 7) is 4.35. The molecule has 4 N–H and O–H groups in total. The molecule has 0 radical (unpaired) electrons. The molecule has 1 amide bonds. The second-order valence-electron chi connectivity index (χ2n) is 6.05. The van der Waals surface area contributed by atoms with Crippen LogP contribution in [0.15, 0.2) is 51.1 Å². The fourth-order valence-electron chi connectivity index (χ4n) is 2.22. The minimum atomic E-state index is -0.116. The van der Waals surface area contributed by atoms with Gasteiger partial charge in [0.15, 0.2) is 0 Å². The highest BCUT2D eigenvalue weighted by Gasteiger charge is 2.12. The summed E-state index contributed by atoms with van der Waals surface area (Å²) >= 11 is 1.19. The van der Waals surface area contributed by atoms with E-state index in [9.17, 15) is 4.79 Å². The summed E-state index contributed by atoms with van der Waals surface area (Å²) in [5.41, 5.74) is 4.91. The Morgan fingerprint density at radius 1 is 1.25 bits per heavy atom. The van der Waals surface area contributed by atoms with Gasteiger partial charge in [-0.3, -0.25) is 4.79 Å². The number of nitrogens with two attached hydrogens (primary N) is 1. The number of hydrogen-bond donors (Lipinski definition) is 3. The van der Waals surface area contributed by atoms with E-state index >= 15 is 0 Å². The molecule has 3 aromatic rings. The maximum atomic E-state index is 12.0. The maximum absolute atomic E-state index is 12.0. The largest absolute Gasteiger partial charge is 0.460 e. The molecule has 0 unspecified atom stereocenters. The van der Waals surface area contributed by atoms with Crippen molar-refractivity contribution in [1.82, 2.24) is 20.2 Å². The number of rotatable bonds is 8. The summed E-state index contributed by atoms with van der Waals surface area (Å²) in [5.74, 6) is 7.64. The van der Waals surface area contributed by atoms with Gasteiger partial charge in [-0.2, -0.15) is 5.10 Å². The zero-order valence-electron chi connectivity index (χ0n) is 15.5. The molecule has 2 aromatic heterocycles. The van der Waals surface area contributed by atoms with Crippen molar-refractivity contribution in [3.63, 3.8) is 0 Å². The van der Waals surface area contributed by atoms with Crippen LogP contribution in [0, 0.1) is 13.8 Å². The zero-order chi connectivity index (χ0) is 19.9. The van der Waals surface area contributed by atoms with Crippen LogP contribution in [0.5, 0.6) is 0 Å². The number of benzene rings is 1. The molecule has 0 aliphatic rings. The first-order valence-corrected chi connectivity index (χ1v) is 9.51. The van der Waals surface area contributed by atoms with Gasteiger partial charge in [-0.05, 0) is 31.5 Å². The minimum absolute atomic E-state index is 0.116. The van der Waals surface area contributed by atoms with E-state index in [1.165, 1.54) is 28.2 Å². The van der Waals surface area contributed by atoms with E-state index in [0.717, 1.165) is 11.3 Å². The van der Waals surface area contributed by atoms with Crippen molar-refractivity contribution >= 4 is 29.8 Å². The summed E-state index contributed by atoms with van der Waals surface area (Å²) in [5, 5.41) is 15.1. The Hall–Kier alpha value is -3.27. The van der Waals surface area contributed by atoms with Crippen LogP contribution in [-0.4, -0.2) is 32.7 Å². The number of hydrazone groups is 1. The molecule has 0 saturated carbocycles. The van der Waals surface area contributed by atoms with Crippen molar-refractivity contribution in [3.8, 4) is 0 Å². The number of nitrogens with zero attached hydrogens (tertiary/aromatic N) is 4. The van der Waals surface area contributed by atoms with Crippen molar-refractivity contribution in [2.45, 2.75) is 25.5 Å². The first kappa shape index (κ1) is 19.5. The Balaban J connectivity index is 1.46. The SMILES string of the molecule is Cc1ccc(CNC(=O)CSc2nnc(N/N=C/c3ccc(C)o3)n2N)cc1. The summed E-state index contributed by atoms with van der Waals surface area (Å²) in [4.78, 5) is 12.0. The lowest BCUT2D eigenvalue weighted by molar-refractivity contribution is -0.118. The summed E-state index contributed by atoms with van der Waals surface area (Å²) < 4.78 is 6.61. The van der Waals surface area contributed by atoms with Crippen molar-refractivity contribution in [1.29, 1.82) is 0 Å². The molecule has 0 saturated heterocycles. The van der Waals surface area contributed by atoms with Crippen molar-refractivity contribution in [2.24, 2.45) is 5.10 Å². The Morgan fingerprint density at radius 2 is 2.04 bits per heavy atom. The molecule has 146 valence electrons. The monoisotopic (exact) mass is 399 g/mol. The lowest BCUT2D eigenvalue weighted by Crippen LogP contribution is -2.25. The summed E-state index contributed by atoms with van der Waals surface area (Å²) in [7, 11) is 0. The number of nitrogen functional groups attached to an aromatic ring is 1. The third kappa shape index (κ3) is 5.36. The number of nitrogens with one attached hydrogen (secondary N) is 2. The Labute approximate surface area is 166 Å². The number of carbonyl (C=O) groups excluding carboxylic acids is 1. The second-order valence-corrected chi connectivity index (χ2v) is 6.99. The van der Waals surface area contributed by atoms with E-state index in [4.69, 9.17) is 10.3 Å². The van der Waals surface area contributed by atoms with Gasteiger partial charge < -0.3 is 15.6 Å². The third-order valence-electron chi connectivity index (χ3n) is 3.72. The van der Waals surface area contributed by atoms with Gasteiger partial charge in [-0.1, -0.05) is 41.6 Å². The first-order chi connectivity index (χ1) is 13.5. The molecule has 10 heteroatoms. The molecule has 0 aliphatic carbocycles. The fourth-order valence-corrected chi connectivity index (χ4v) is 2.90. The molecular formula is C18H21N7O2S. The van der Waals surface area contributed by atoms with E-state index in [0.29, 0.717) is 17.5 Å². The summed E-state index contributed by atoms with van der Waals surface area (Å²) in [6, 6.07) is 11.6. The highest BCUT2D eigenvalue weighted by atomic mass is 32.2. The van der Waals surface area contributed by atoms with Crippen LogP contribution in [0.3, 0.4) is 0 Å². The van der Waals surface area contributed by atoms with Gasteiger partial charge in [0.05, 0.1) is 12.0 Å². The molecule has 0 atom stereocenters. The normalized spacial score (nSPS) is 11.1. The Kier molecular flexibility index (Phi) is 6.33. The van der Waals surface area contributed by atoms with Crippen LogP contribution >= 0.6 is 11.8 Å². The molecule has 0 fully saturated rings. The molecule has 9 nitrogen and oxygen atoms in total. The minimum Gasteiger partial charge on any atom is -0.460 e. The number of thioether (sulfide) groups is 1. The average molecular weight is 399 g/mol. The molecule has 2 heterocycles. The van der Waals surface area contributed by atoms with Gasteiger partial charge in [0.25, 0.3) is 5.95 Å². The number of aryl methyl sites for hydroxylation is 2. The second kappa shape index (κ2) is 9.09. The molecule has 0 aliphatic heterocycles. The van der Waals surface area contributed by atoms with Crippen molar-refractivity contribution in [2.75, 3.05) is 17.0 Å². The number of anilines is 1. The predicted molar refractivity (Wildman–Crippen MR) is 109 cm³/mol. The first-order valence-electron chi connectivity index (χ1n) is 8.52. The molecule has 0 bridgehead atoms. The standard InChI is InChI=1S/C18H21N7O2S/c1-12-3-6-14(7-4-12)9-20-16(26)11-28-18-24-23-17(25(18)19)22-21-10-15-8-5-13(2)27-15/h3-8,10H,9,11,19H2,1-2H3,(H,20,26)(H,22,23)/b21-10+. The lowest BCUT2D eigenvalue weighted by Gasteiger charge is -2.06. The number of furan rings is 1. The van der Waals surface area contributed by atoms with Crippen LogP contribution in [0.1, 0.15) is 22.6 Å². The maximum Gasteiger partial charge on any atom is 0.264 e. The van der Waals surface area contributed by atoms with E-state index in [2.05, 4.69) is 26.0 Å². The number of hydrogen-bond acceptors (Lipinski definition) is 8. The zero-order valence-corrected chi connectivity index (χ0v) is 16.4. The van der Waals surface area contributed by atoms with Crippen LogP contribution < -0.4 is 16.6 Å². The predicted octanol–water partition coefficient (Wildman–Crippen LogP) is 2.06. The number of carbonyl (C=O) groups is 1. The topological polar surface area (TPSA) is 123 Å². The van der Waals surface area contributed by atoms with Crippen LogP contribution in [0.2, 0.25) is 0 Å². The van der Waals surface area contributed by atoms with E-state index in [1.807, 2.05) is 44.2 Å². The van der Waals surface area contributed by atoms with Gasteiger partial charge in [0.2, 0.25) is 11.1 Å². The van der Waals surface area contributed by atoms with Gasteiger partial charge in [-0.25, -0.2) is 10.1 Å². The van der Waals surface area contributed by atoms with Crippen molar-refractivity contribution in [3.05, 3.63) is 59.0 Å². The highest BCUT2D eigenvalue weighted by Crippen LogP contribution is 2.16. The van der Waals surface area contributed by atoms with Crippen LogP contribution in [-0.2, 0) is 11.3 Å². The van der Waals surface area contributed by atoms with Crippen LogP contribution in [0.25, 0.3) is 0 Å². The molecule has 1 aromatic carbocycles. The number of amides is 1. The van der Waals surface area contributed by atoms with E-state index in [1.54, 1.807) is 6.07 Å². The molecule has 3 rings (SSSR count). The number of aromatic nitrogens is 3. The van der Waals surface area contributed by atoms with Crippen molar-refractivity contribution < 1.29 is 9.21 Å². The molecule has 0 spiro atoms. The lowest BCUT2D eigenvalue weighted by atomic mass is 10.1. The van der Waals surface area contributed by atoms with E-state index < -0.39 is 0 Å². The van der Waals surface area contributed by atoms with Crippen LogP contribution in [0.4, 0.5) is 5.95 Å². The average Bonchev–Trinajstić information content (AvgIpc) is 3.25.